The summed E-state index contributed by atoms with van der Waals surface area (Å²) in [5.74, 6) is -0.374. The minimum atomic E-state index is -0.374. The fraction of sp³-hybridized carbons (Fsp3) is 0.167. The van der Waals surface area contributed by atoms with Gasteiger partial charge in [-0.15, -0.1) is 0 Å². The van der Waals surface area contributed by atoms with Crippen LogP contribution in [0.25, 0.3) is 6.08 Å². The molecule has 3 nitrogen and oxygen atoms in total. The molecule has 0 bridgehead atoms. The summed E-state index contributed by atoms with van der Waals surface area (Å²) >= 11 is 0. The van der Waals surface area contributed by atoms with E-state index in [0.717, 1.165) is 11.8 Å². The lowest BCUT2D eigenvalue weighted by Crippen LogP contribution is -2.03. The van der Waals surface area contributed by atoms with Gasteiger partial charge in [0.05, 0.1) is 12.7 Å². The van der Waals surface area contributed by atoms with Crippen LogP contribution in [0.4, 0.5) is 0 Å². The number of benzene rings is 1. The predicted octanol–water partition coefficient (Wildman–Crippen LogP) is 2.08. The third kappa shape index (κ3) is 3.06. The van der Waals surface area contributed by atoms with E-state index >= 15 is 0 Å². The van der Waals surface area contributed by atoms with Crippen molar-refractivity contribution in [2.45, 2.75) is 6.42 Å². The zero-order chi connectivity index (χ0) is 11.1. The fourth-order valence-electron chi connectivity index (χ4n) is 1.19. The van der Waals surface area contributed by atoms with Crippen LogP contribution in [0.5, 0.6) is 0 Å². The minimum Gasteiger partial charge on any atom is -0.465 e. The second-order valence-corrected chi connectivity index (χ2v) is 2.88. The third-order valence-electron chi connectivity index (χ3n) is 1.90. The number of aldehydes is 1. The standard InChI is InChI=1S/C12H12O3/c1-15-12(14)11-8-3-2-6-10(11)7-4-5-9-13/h2-4,6-9H,5H2,1H3. The van der Waals surface area contributed by atoms with E-state index in [-0.39, 0.29) is 5.97 Å². The van der Waals surface area contributed by atoms with Gasteiger partial charge in [0.1, 0.15) is 6.29 Å². The summed E-state index contributed by atoms with van der Waals surface area (Å²) < 4.78 is 4.64. The number of carbonyl (C=O) groups is 2. The molecule has 0 aromatic heterocycles. The molecule has 1 rings (SSSR count). The summed E-state index contributed by atoms with van der Waals surface area (Å²) in [6.07, 6.45) is 4.59. The molecule has 78 valence electrons. The molecule has 0 aliphatic carbocycles. The number of hydrogen-bond acceptors (Lipinski definition) is 3. The molecule has 0 aliphatic heterocycles. The number of rotatable bonds is 4. The Bertz CT molecular complexity index is 380. The van der Waals surface area contributed by atoms with Crippen LogP contribution >= 0.6 is 0 Å². The maximum atomic E-state index is 11.3. The molecule has 0 heterocycles. The number of allylic oxidation sites excluding steroid dienone is 1. The van der Waals surface area contributed by atoms with E-state index in [0.29, 0.717) is 12.0 Å². The predicted molar refractivity (Wildman–Crippen MR) is 57.5 cm³/mol. The van der Waals surface area contributed by atoms with E-state index in [1.54, 1.807) is 30.4 Å². The maximum Gasteiger partial charge on any atom is 0.338 e. The van der Waals surface area contributed by atoms with Crippen molar-refractivity contribution in [2.75, 3.05) is 7.11 Å². The molecule has 1 aromatic carbocycles. The van der Waals surface area contributed by atoms with E-state index in [9.17, 15) is 9.59 Å². The normalized spacial score (nSPS) is 10.2. The van der Waals surface area contributed by atoms with Crippen LogP contribution < -0.4 is 0 Å². The topological polar surface area (TPSA) is 43.4 Å². The van der Waals surface area contributed by atoms with E-state index in [4.69, 9.17) is 0 Å². The van der Waals surface area contributed by atoms with Gasteiger partial charge in [0.2, 0.25) is 0 Å². The Morgan fingerprint density at radius 2 is 2.13 bits per heavy atom. The van der Waals surface area contributed by atoms with Crippen molar-refractivity contribution in [3.63, 3.8) is 0 Å². The van der Waals surface area contributed by atoms with Crippen LogP contribution in [0.2, 0.25) is 0 Å². The first-order chi connectivity index (χ1) is 7.29. The quantitative estimate of drug-likeness (QED) is 0.557. The first kappa shape index (κ1) is 11.2. The third-order valence-corrected chi connectivity index (χ3v) is 1.90. The highest BCUT2D eigenvalue weighted by Crippen LogP contribution is 2.11. The van der Waals surface area contributed by atoms with E-state index in [1.807, 2.05) is 6.07 Å². The maximum absolute atomic E-state index is 11.3. The second kappa shape index (κ2) is 5.75. The summed E-state index contributed by atoms with van der Waals surface area (Å²) in [4.78, 5) is 21.5. The van der Waals surface area contributed by atoms with Gasteiger partial charge in [0, 0.05) is 6.42 Å². The van der Waals surface area contributed by atoms with Gasteiger partial charge in [-0.3, -0.25) is 0 Å². The first-order valence-corrected chi connectivity index (χ1v) is 4.57. The van der Waals surface area contributed by atoms with Gasteiger partial charge in [0.25, 0.3) is 0 Å². The summed E-state index contributed by atoms with van der Waals surface area (Å²) in [5.41, 5.74) is 1.26. The molecule has 0 N–H and O–H groups in total. The van der Waals surface area contributed by atoms with Crippen LogP contribution in [0.15, 0.2) is 30.3 Å². The Kier molecular flexibility index (Phi) is 4.29. The van der Waals surface area contributed by atoms with Crippen molar-refractivity contribution >= 4 is 18.3 Å². The van der Waals surface area contributed by atoms with Crippen molar-refractivity contribution in [3.05, 3.63) is 41.5 Å². The van der Waals surface area contributed by atoms with Crippen molar-refractivity contribution in [1.82, 2.24) is 0 Å². The Morgan fingerprint density at radius 1 is 1.40 bits per heavy atom. The Labute approximate surface area is 88.4 Å². The molecule has 0 saturated carbocycles. The summed E-state index contributed by atoms with van der Waals surface area (Å²) in [7, 11) is 1.34. The number of ether oxygens (including phenoxy) is 1. The lowest BCUT2D eigenvalue weighted by atomic mass is 10.1. The van der Waals surface area contributed by atoms with Crippen molar-refractivity contribution in [2.24, 2.45) is 0 Å². The summed E-state index contributed by atoms with van der Waals surface area (Å²) in [6, 6.07) is 7.08. The van der Waals surface area contributed by atoms with Gasteiger partial charge in [-0.05, 0) is 11.6 Å². The number of esters is 1. The zero-order valence-corrected chi connectivity index (χ0v) is 8.47. The van der Waals surface area contributed by atoms with Crippen LogP contribution in [-0.2, 0) is 9.53 Å². The molecule has 15 heavy (non-hydrogen) atoms. The van der Waals surface area contributed by atoms with Crippen LogP contribution in [0.1, 0.15) is 22.3 Å². The smallest absolute Gasteiger partial charge is 0.338 e. The van der Waals surface area contributed by atoms with Gasteiger partial charge >= 0.3 is 5.97 Å². The van der Waals surface area contributed by atoms with Crippen LogP contribution in [-0.4, -0.2) is 19.4 Å². The lowest BCUT2D eigenvalue weighted by molar-refractivity contribution is -0.107. The second-order valence-electron chi connectivity index (χ2n) is 2.88. The monoisotopic (exact) mass is 204 g/mol. The molecule has 0 aliphatic rings. The zero-order valence-electron chi connectivity index (χ0n) is 8.47. The van der Waals surface area contributed by atoms with Gasteiger partial charge in [-0.2, -0.15) is 0 Å². The Morgan fingerprint density at radius 3 is 2.80 bits per heavy atom. The highest BCUT2D eigenvalue weighted by Gasteiger charge is 2.07. The van der Waals surface area contributed by atoms with E-state index < -0.39 is 0 Å². The fourth-order valence-corrected chi connectivity index (χ4v) is 1.19. The molecular weight excluding hydrogens is 192 g/mol. The highest BCUT2D eigenvalue weighted by molar-refractivity contribution is 5.93. The SMILES string of the molecule is COC(=O)c1ccccc1C=CCC=O. The number of methoxy groups -OCH3 is 1. The molecule has 0 saturated heterocycles. The van der Waals surface area contributed by atoms with Crippen molar-refractivity contribution in [3.8, 4) is 0 Å². The van der Waals surface area contributed by atoms with Crippen LogP contribution in [0, 0.1) is 0 Å². The van der Waals surface area contributed by atoms with Crippen LogP contribution in [0.3, 0.4) is 0 Å². The summed E-state index contributed by atoms with van der Waals surface area (Å²) in [6.45, 7) is 0. The minimum absolute atomic E-state index is 0.343. The Balaban J connectivity index is 2.95. The molecule has 0 radical (unpaired) electrons. The number of carbonyl (C=O) groups excluding carboxylic acids is 2. The van der Waals surface area contributed by atoms with Gasteiger partial charge in [0.15, 0.2) is 0 Å². The van der Waals surface area contributed by atoms with E-state index in [2.05, 4.69) is 4.74 Å². The molecule has 0 fully saturated rings. The van der Waals surface area contributed by atoms with E-state index in [1.165, 1.54) is 7.11 Å². The van der Waals surface area contributed by atoms with Gasteiger partial charge < -0.3 is 9.53 Å². The van der Waals surface area contributed by atoms with Gasteiger partial charge in [-0.1, -0.05) is 30.4 Å². The molecule has 0 unspecified atom stereocenters. The average molecular weight is 204 g/mol. The average Bonchev–Trinajstić information content (AvgIpc) is 2.29. The molecule has 0 spiro atoms. The lowest BCUT2D eigenvalue weighted by Gasteiger charge is -2.02. The Hall–Kier alpha value is -1.90. The molecule has 0 amide bonds. The largest absolute Gasteiger partial charge is 0.465 e. The van der Waals surface area contributed by atoms with Gasteiger partial charge in [-0.25, -0.2) is 4.79 Å². The molecule has 1 aromatic rings. The summed E-state index contributed by atoms with van der Waals surface area (Å²) in [5, 5.41) is 0. The van der Waals surface area contributed by atoms with Crippen molar-refractivity contribution in [1.29, 1.82) is 0 Å². The molecule has 3 heteroatoms. The first-order valence-electron chi connectivity index (χ1n) is 4.57. The van der Waals surface area contributed by atoms with Crippen molar-refractivity contribution < 1.29 is 14.3 Å². The molecule has 0 atom stereocenters. The number of hydrogen-bond donors (Lipinski definition) is 0. The highest BCUT2D eigenvalue weighted by atomic mass is 16.5. The molecular formula is C12H12O3.